The normalized spacial score (nSPS) is 10.6. The largest absolute Gasteiger partial charge is 0.464 e. The minimum absolute atomic E-state index is 0.143. The molecule has 96 valence electrons. The second kappa shape index (κ2) is 4.52. The van der Waals surface area contributed by atoms with E-state index in [1.807, 2.05) is 17.8 Å². The average Bonchev–Trinajstić information content (AvgIpc) is 2.87. The predicted octanol–water partition coefficient (Wildman–Crippen LogP) is 0.342. The van der Waals surface area contributed by atoms with Crippen molar-refractivity contribution in [3.63, 3.8) is 0 Å². The number of aryl methyl sites for hydroxylation is 2. The second-order valence-corrected chi connectivity index (χ2v) is 3.92. The molecule has 0 aromatic carbocycles. The molecule has 0 fully saturated rings. The summed E-state index contributed by atoms with van der Waals surface area (Å²) in [5.74, 6) is 1.24. The maximum Gasteiger partial charge on any atom is 0.360 e. The number of methoxy groups -OCH3 is 1. The van der Waals surface area contributed by atoms with Crippen LogP contribution in [0.25, 0.3) is 0 Å². The Morgan fingerprint density at radius 3 is 2.83 bits per heavy atom. The number of anilines is 1. The van der Waals surface area contributed by atoms with Gasteiger partial charge in [-0.3, -0.25) is 0 Å². The first kappa shape index (κ1) is 12.2. The van der Waals surface area contributed by atoms with E-state index in [9.17, 15) is 4.79 Å². The zero-order valence-electron chi connectivity index (χ0n) is 10.5. The monoisotopic (exact) mass is 249 g/mol. The van der Waals surface area contributed by atoms with Crippen LogP contribution in [0.5, 0.6) is 0 Å². The molecule has 2 aromatic heterocycles. The molecule has 0 aliphatic carbocycles. The summed E-state index contributed by atoms with van der Waals surface area (Å²) in [6.07, 6.45) is 3.55. The Morgan fingerprint density at radius 2 is 2.28 bits per heavy atom. The molecule has 7 heteroatoms. The fraction of sp³-hybridized carbons (Fsp3) is 0.364. The highest BCUT2D eigenvalue weighted by Crippen LogP contribution is 2.16. The maximum atomic E-state index is 11.5. The van der Waals surface area contributed by atoms with Crippen molar-refractivity contribution in [2.24, 2.45) is 7.05 Å². The lowest BCUT2D eigenvalue weighted by Gasteiger charge is -2.07. The second-order valence-electron chi connectivity index (χ2n) is 3.92. The van der Waals surface area contributed by atoms with Crippen LogP contribution in [0.3, 0.4) is 0 Å². The number of aromatic nitrogens is 4. The summed E-state index contributed by atoms with van der Waals surface area (Å²) in [7, 11) is 3.20. The van der Waals surface area contributed by atoms with E-state index in [1.165, 1.54) is 7.11 Å². The first-order chi connectivity index (χ1) is 8.54. The zero-order chi connectivity index (χ0) is 13.3. The van der Waals surface area contributed by atoms with Gasteiger partial charge in [-0.05, 0) is 6.92 Å². The van der Waals surface area contributed by atoms with E-state index in [0.29, 0.717) is 18.2 Å². The molecule has 0 unspecified atom stereocenters. The number of nitrogens with zero attached hydrogens (tertiary/aromatic N) is 4. The molecule has 0 atom stereocenters. The Labute approximate surface area is 104 Å². The summed E-state index contributed by atoms with van der Waals surface area (Å²) in [5, 5.41) is 0. The highest BCUT2D eigenvalue weighted by atomic mass is 16.5. The van der Waals surface area contributed by atoms with Crippen LogP contribution in [-0.4, -0.2) is 32.2 Å². The van der Waals surface area contributed by atoms with Crippen molar-refractivity contribution in [3.05, 3.63) is 29.7 Å². The van der Waals surface area contributed by atoms with Gasteiger partial charge >= 0.3 is 5.97 Å². The molecule has 0 aliphatic rings. The van der Waals surface area contributed by atoms with Crippen molar-refractivity contribution in [1.29, 1.82) is 0 Å². The maximum absolute atomic E-state index is 11.5. The Bertz CT molecular complexity index is 584. The van der Waals surface area contributed by atoms with Crippen LogP contribution < -0.4 is 5.73 Å². The van der Waals surface area contributed by atoms with Crippen molar-refractivity contribution < 1.29 is 9.53 Å². The molecular weight excluding hydrogens is 234 g/mol. The molecule has 2 N–H and O–H groups in total. The predicted molar refractivity (Wildman–Crippen MR) is 65.0 cm³/mol. The highest BCUT2D eigenvalue weighted by molar-refractivity contribution is 5.92. The number of ether oxygens (including phenoxy) is 1. The molecule has 0 spiro atoms. The smallest absolute Gasteiger partial charge is 0.360 e. The van der Waals surface area contributed by atoms with Gasteiger partial charge in [0.2, 0.25) is 0 Å². The minimum atomic E-state index is -0.533. The molecule has 2 rings (SSSR count). The molecule has 2 heterocycles. The van der Waals surface area contributed by atoms with Crippen molar-refractivity contribution in [2.75, 3.05) is 12.8 Å². The van der Waals surface area contributed by atoms with E-state index in [2.05, 4.69) is 14.7 Å². The number of hydrogen-bond acceptors (Lipinski definition) is 5. The van der Waals surface area contributed by atoms with E-state index >= 15 is 0 Å². The summed E-state index contributed by atoms with van der Waals surface area (Å²) in [6.45, 7) is 2.25. The quantitative estimate of drug-likeness (QED) is 0.792. The van der Waals surface area contributed by atoms with E-state index in [0.717, 1.165) is 5.82 Å². The third-order valence-electron chi connectivity index (χ3n) is 2.80. The van der Waals surface area contributed by atoms with Crippen LogP contribution >= 0.6 is 0 Å². The fourth-order valence-electron chi connectivity index (χ4n) is 1.72. The highest BCUT2D eigenvalue weighted by Gasteiger charge is 2.19. The molecular formula is C11H15N5O2. The molecule has 0 bridgehead atoms. The van der Waals surface area contributed by atoms with Gasteiger partial charge in [0, 0.05) is 19.4 Å². The number of esters is 1. The average molecular weight is 249 g/mol. The topological polar surface area (TPSA) is 88.0 Å². The molecule has 0 radical (unpaired) electrons. The summed E-state index contributed by atoms with van der Waals surface area (Å²) >= 11 is 0. The van der Waals surface area contributed by atoms with Crippen LogP contribution in [0, 0.1) is 6.92 Å². The molecule has 0 amide bonds. The minimum Gasteiger partial charge on any atom is -0.464 e. The van der Waals surface area contributed by atoms with Gasteiger partial charge in [-0.1, -0.05) is 0 Å². The number of nitrogen functional groups attached to an aromatic ring is 1. The van der Waals surface area contributed by atoms with E-state index in [4.69, 9.17) is 5.73 Å². The van der Waals surface area contributed by atoms with Crippen LogP contribution in [0.4, 0.5) is 5.82 Å². The summed E-state index contributed by atoms with van der Waals surface area (Å²) < 4.78 is 8.25. The first-order valence-electron chi connectivity index (χ1n) is 5.41. The SMILES string of the molecule is COC(=O)c1nc(C)n(Cc2nccn2C)c1N. The third-order valence-corrected chi connectivity index (χ3v) is 2.80. The standard InChI is InChI=1S/C11H15N5O2/c1-7-14-9(11(17)18-3)10(12)16(7)6-8-13-4-5-15(8)2/h4-5H,6,12H2,1-3H3. The molecule has 0 saturated carbocycles. The molecule has 7 nitrogen and oxygen atoms in total. The van der Waals surface area contributed by atoms with Crippen molar-refractivity contribution in [3.8, 4) is 0 Å². The first-order valence-corrected chi connectivity index (χ1v) is 5.41. The number of nitrogens with two attached hydrogens (primary N) is 1. The van der Waals surface area contributed by atoms with Crippen molar-refractivity contribution in [2.45, 2.75) is 13.5 Å². The van der Waals surface area contributed by atoms with Crippen molar-refractivity contribution in [1.82, 2.24) is 19.1 Å². The Hall–Kier alpha value is -2.31. The number of rotatable bonds is 3. The van der Waals surface area contributed by atoms with Crippen LogP contribution in [0.15, 0.2) is 12.4 Å². The summed E-state index contributed by atoms with van der Waals surface area (Å²) in [4.78, 5) is 19.8. The molecule has 0 aliphatic heterocycles. The number of hydrogen-bond donors (Lipinski definition) is 1. The van der Waals surface area contributed by atoms with E-state index in [-0.39, 0.29) is 5.69 Å². The lowest BCUT2D eigenvalue weighted by Crippen LogP contribution is -2.11. The number of carbonyl (C=O) groups excluding carboxylic acids is 1. The zero-order valence-corrected chi connectivity index (χ0v) is 10.5. The number of carbonyl (C=O) groups is 1. The fourth-order valence-corrected chi connectivity index (χ4v) is 1.72. The Balaban J connectivity index is 2.37. The van der Waals surface area contributed by atoms with Crippen LogP contribution in [0.2, 0.25) is 0 Å². The lowest BCUT2D eigenvalue weighted by molar-refractivity contribution is 0.0595. The summed E-state index contributed by atoms with van der Waals surface area (Å²) in [6, 6.07) is 0. The third kappa shape index (κ3) is 1.94. The Kier molecular flexibility index (Phi) is 3.05. The van der Waals surface area contributed by atoms with Crippen LogP contribution in [-0.2, 0) is 18.3 Å². The van der Waals surface area contributed by atoms with Gasteiger partial charge in [0.05, 0.1) is 13.7 Å². The van der Waals surface area contributed by atoms with Gasteiger partial charge < -0.3 is 19.6 Å². The lowest BCUT2D eigenvalue weighted by atomic mass is 10.4. The van der Waals surface area contributed by atoms with Gasteiger partial charge in [0.15, 0.2) is 5.69 Å². The van der Waals surface area contributed by atoms with Gasteiger partial charge in [-0.25, -0.2) is 14.8 Å². The number of imidazole rings is 2. The van der Waals surface area contributed by atoms with Gasteiger partial charge in [0.25, 0.3) is 0 Å². The van der Waals surface area contributed by atoms with Crippen LogP contribution in [0.1, 0.15) is 22.1 Å². The molecule has 2 aromatic rings. The van der Waals surface area contributed by atoms with Gasteiger partial charge in [-0.15, -0.1) is 0 Å². The van der Waals surface area contributed by atoms with Gasteiger partial charge in [0.1, 0.15) is 17.5 Å². The molecule has 18 heavy (non-hydrogen) atoms. The van der Waals surface area contributed by atoms with E-state index < -0.39 is 5.97 Å². The molecule has 0 saturated heterocycles. The van der Waals surface area contributed by atoms with Crippen molar-refractivity contribution >= 4 is 11.8 Å². The Morgan fingerprint density at radius 1 is 1.56 bits per heavy atom. The van der Waals surface area contributed by atoms with E-state index in [1.54, 1.807) is 17.7 Å². The van der Waals surface area contributed by atoms with Gasteiger partial charge in [-0.2, -0.15) is 0 Å². The summed E-state index contributed by atoms with van der Waals surface area (Å²) in [5.41, 5.74) is 6.05.